The molecule has 0 saturated carbocycles. The zero-order valence-corrected chi connectivity index (χ0v) is 11.5. The van der Waals surface area contributed by atoms with E-state index in [0.717, 1.165) is 30.0 Å². The molecule has 1 aromatic rings. The summed E-state index contributed by atoms with van der Waals surface area (Å²) < 4.78 is 1.94. The summed E-state index contributed by atoms with van der Waals surface area (Å²) in [7, 11) is 2.09. The van der Waals surface area contributed by atoms with Crippen molar-refractivity contribution < 1.29 is 9.59 Å². The number of aromatic nitrogens is 2. The number of amides is 3. The molecule has 2 fully saturated rings. The summed E-state index contributed by atoms with van der Waals surface area (Å²) in [4.78, 5) is 26.6. The van der Waals surface area contributed by atoms with Crippen LogP contribution in [-0.4, -0.2) is 58.2 Å². The first-order chi connectivity index (χ1) is 9.56. The Bertz CT molecular complexity index is 541. The number of imide groups is 1. The predicted octanol–water partition coefficient (Wildman–Crippen LogP) is 0.154. The van der Waals surface area contributed by atoms with E-state index in [1.165, 1.54) is 0 Å². The van der Waals surface area contributed by atoms with Crippen LogP contribution in [0.3, 0.4) is 0 Å². The fourth-order valence-electron chi connectivity index (χ4n) is 3.07. The van der Waals surface area contributed by atoms with Crippen LogP contribution in [0.15, 0.2) is 12.4 Å². The molecule has 2 unspecified atom stereocenters. The third-order valence-electron chi connectivity index (χ3n) is 4.24. The topological polar surface area (TPSA) is 84.5 Å². The maximum atomic E-state index is 12.1. The van der Waals surface area contributed by atoms with Gasteiger partial charge in [-0.3, -0.25) is 14.4 Å². The number of rotatable bonds is 2. The van der Waals surface area contributed by atoms with Gasteiger partial charge < -0.3 is 10.6 Å². The van der Waals surface area contributed by atoms with Gasteiger partial charge in [0.1, 0.15) is 0 Å². The highest BCUT2D eigenvalue weighted by atomic mass is 16.2. The van der Waals surface area contributed by atoms with Crippen LogP contribution in [-0.2, 0) is 4.79 Å². The third kappa shape index (κ3) is 2.18. The molecule has 2 aliphatic heterocycles. The lowest BCUT2D eigenvalue weighted by Crippen LogP contribution is -2.37. The zero-order chi connectivity index (χ0) is 14.3. The highest BCUT2D eigenvalue weighted by Crippen LogP contribution is 2.29. The largest absolute Gasteiger partial charge is 0.351 e. The Morgan fingerprint density at radius 2 is 2.20 bits per heavy atom. The molecular formula is C13H19N5O2. The average molecular weight is 277 g/mol. The Kier molecular flexibility index (Phi) is 3.21. The zero-order valence-electron chi connectivity index (χ0n) is 11.5. The number of nitrogens with two attached hydrogens (primary N) is 1. The molecule has 3 rings (SSSR count). The molecule has 0 spiro atoms. The predicted molar refractivity (Wildman–Crippen MR) is 72.0 cm³/mol. The molecule has 2 N–H and O–H groups in total. The number of likely N-dealkylation sites (tertiary alicyclic amines) is 2. The minimum atomic E-state index is -0.665. The van der Waals surface area contributed by atoms with Gasteiger partial charge in [-0.1, -0.05) is 0 Å². The van der Waals surface area contributed by atoms with Gasteiger partial charge in [-0.2, -0.15) is 5.10 Å². The molecule has 0 radical (unpaired) electrons. The van der Waals surface area contributed by atoms with Crippen molar-refractivity contribution >= 4 is 11.9 Å². The molecule has 1 aromatic heterocycles. The Morgan fingerprint density at radius 3 is 2.80 bits per heavy atom. The fourth-order valence-corrected chi connectivity index (χ4v) is 3.07. The second kappa shape index (κ2) is 4.90. The van der Waals surface area contributed by atoms with Crippen LogP contribution >= 0.6 is 0 Å². The van der Waals surface area contributed by atoms with E-state index in [1.54, 1.807) is 6.20 Å². The summed E-state index contributed by atoms with van der Waals surface area (Å²) >= 11 is 0. The standard InChI is InChI=1S/C13H19N5O2/c1-16-4-2-10(8-16)18-7-9(6-15-18)11-3-5-17(12(11)19)13(14)20/h6-7,10-11H,2-5,8H2,1H3,(H2,14,20). The van der Waals surface area contributed by atoms with Crippen LogP contribution < -0.4 is 5.73 Å². The molecule has 7 heteroatoms. The van der Waals surface area contributed by atoms with Crippen molar-refractivity contribution in [1.29, 1.82) is 0 Å². The lowest BCUT2D eigenvalue weighted by molar-refractivity contribution is -0.126. The van der Waals surface area contributed by atoms with Crippen molar-refractivity contribution in [2.45, 2.75) is 24.8 Å². The summed E-state index contributed by atoms with van der Waals surface area (Å²) in [6.45, 7) is 2.45. The number of hydrogen-bond acceptors (Lipinski definition) is 4. The van der Waals surface area contributed by atoms with Crippen molar-refractivity contribution in [2.75, 3.05) is 26.7 Å². The highest BCUT2D eigenvalue weighted by molar-refractivity contribution is 5.98. The molecule has 0 aromatic carbocycles. The second-order valence-corrected chi connectivity index (χ2v) is 5.63. The minimum Gasteiger partial charge on any atom is -0.351 e. The van der Waals surface area contributed by atoms with E-state index in [4.69, 9.17) is 5.73 Å². The van der Waals surface area contributed by atoms with Crippen LogP contribution in [0.4, 0.5) is 4.79 Å². The number of nitrogens with zero attached hydrogens (tertiary/aromatic N) is 4. The molecule has 2 atom stereocenters. The molecule has 2 aliphatic rings. The van der Waals surface area contributed by atoms with E-state index in [2.05, 4.69) is 17.0 Å². The number of likely N-dealkylation sites (N-methyl/N-ethyl adjacent to an activating group) is 1. The highest BCUT2D eigenvalue weighted by Gasteiger charge is 2.36. The summed E-state index contributed by atoms with van der Waals surface area (Å²) in [6, 6.07) is -0.292. The van der Waals surface area contributed by atoms with Gasteiger partial charge in [-0.25, -0.2) is 4.79 Å². The van der Waals surface area contributed by atoms with Crippen molar-refractivity contribution in [2.24, 2.45) is 5.73 Å². The molecule has 108 valence electrons. The summed E-state index contributed by atoms with van der Waals surface area (Å²) in [5.74, 6) is -0.490. The number of hydrogen-bond donors (Lipinski definition) is 1. The number of urea groups is 1. The first-order valence-electron chi connectivity index (χ1n) is 6.89. The fraction of sp³-hybridized carbons (Fsp3) is 0.615. The maximum Gasteiger partial charge on any atom is 0.321 e. The molecular weight excluding hydrogens is 258 g/mol. The Balaban J connectivity index is 1.74. The van der Waals surface area contributed by atoms with Crippen molar-refractivity contribution in [3.8, 4) is 0 Å². The van der Waals surface area contributed by atoms with E-state index in [0.29, 0.717) is 19.0 Å². The monoisotopic (exact) mass is 277 g/mol. The normalized spacial score (nSPS) is 27.4. The number of carbonyl (C=O) groups is 2. The lowest BCUT2D eigenvalue weighted by Gasteiger charge is -2.11. The summed E-state index contributed by atoms with van der Waals surface area (Å²) in [5.41, 5.74) is 6.07. The number of carbonyl (C=O) groups excluding carboxylic acids is 2. The van der Waals surface area contributed by atoms with Crippen LogP contribution in [0.5, 0.6) is 0 Å². The van der Waals surface area contributed by atoms with E-state index in [9.17, 15) is 9.59 Å². The lowest BCUT2D eigenvalue weighted by atomic mass is 10.0. The van der Waals surface area contributed by atoms with Gasteiger partial charge in [0, 0.05) is 24.8 Å². The van der Waals surface area contributed by atoms with E-state index in [1.807, 2.05) is 10.9 Å². The third-order valence-corrected chi connectivity index (χ3v) is 4.24. The molecule has 3 amide bonds. The van der Waals surface area contributed by atoms with Crippen LogP contribution in [0.1, 0.15) is 30.4 Å². The van der Waals surface area contributed by atoms with Gasteiger partial charge in [0.05, 0.1) is 18.2 Å². The van der Waals surface area contributed by atoms with Crippen molar-refractivity contribution in [3.63, 3.8) is 0 Å². The minimum absolute atomic E-state index is 0.208. The smallest absolute Gasteiger partial charge is 0.321 e. The van der Waals surface area contributed by atoms with Crippen molar-refractivity contribution in [1.82, 2.24) is 19.6 Å². The van der Waals surface area contributed by atoms with E-state index < -0.39 is 6.03 Å². The first-order valence-corrected chi connectivity index (χ1v) is 6.89. The van der Waals surface area contributed by atoms with Crippen LogP contribution in [0.25, 0.3) is 0 Å². The van der Waals surface area contributed by atoms with Crippen molar-refractivity contribution in [3.05, 3.63) is 18.0 Å². The van der Waals surface area contributed by atoms with Gasteiger partial charge in [-0.05, 0) is 26.4 Å². The van der Waals surface area contributed by atoms with E-state index >= 15 is 0 Å². The first kappa shape index (κ1) is 13.1. The summed E-state index contributed by atoms with van der Waals surface area (Å²) in [6.07, 6.45) is 5.38. The van der Waals surface area contributed by atoms with Crippen LogP contribution in [0.2, 0.25) is 0 Å². The second-order valence-electron chi connectivity index (χ2n) is 5.63. The van der Waals surface area contributed by atoms with Crippen LogP contribution in [0, 0.1) is 0 Å². The maximum absolute atomic E-state index is 12.1. The average Bonchev–Trinajstić information content (AvgIpc) is 3.07. The van der Waals surface area contributed by atoms with Gasteiger partial charge in [0.25, 0.3) is 0 Å². The molecule has 0 bridgehead atoms. The molecule has 2 saturated heterocycles. The van der Waals surface area contributed by atoms with Gasteiger partial charge in [0.2, 0.25) is 5.91 Å². The molecule has 3 heterocycles. The Labute approximate surface area is 117 Å². The summed E-state index contributed by atoms with van der Waals surface area (Å²) in [5, 5.41) is 4.38. The molecule has 20 heavy (non-hydrogen) atoms. The SMILES string of the molecule is CN1CCC(n2cc(C3CCN(C(N)=O)C3=O)cn2)C1. The molecule has 7 nitrogen and oxygen atoms in total. The Hall–Kier alpha value is -1.89. The number of primary amides is 1. The van der Waals surface area contributed by atoms with Gasteiger partial charge in [-0.15, -0.1) is 0 Å². The van der Waals surface area contributed by atoms with Gasteiger partial charge >= 0.3 is 6.03 Å². The quantitative estimate of drug-likeness (QED) is 0.834. The van der Waals surface area contributed by atoms with E-state index in [-0.39, 0.29) is 11.8 Å². The molecule has 0 aliphatic carbocycles. The van der Waals surface area contributed by atoms with Gasteiger partial charge in [0.15, 0.2) is 0 Å². The Morgan fingerprint density at radius 1 is 1.40 bits per heavy atom.